The third kappa shape index (κ3) is 2.54. The van der Waals surface area contributed by atoms with Crippen molar-refractivity contribution < 1.29 is 0 Å². The highest BCUT2D eigenvalue weighted by Gasteiger charge is 2.03. The van der Waals surface area contributed by atoms with Crippen LogP contribution in [0.1, 0.15) is 11.3 Å². The van der Waals surface area contributed by atoms with Gasteiger partial charge in [0.25, 0.3) is 0 Å². The van der Waals surface area contributed by atoms with Crippen LogP contribution in [0.5, 0.6) is 0 Å². The largest absolute Gasteiger partial charge is 0.258 e. The van der Waals surface area contributed by atoms with E-state index in [0.29, 0.717) is 0 Å². The van der Waals surface area contributed by atoms with Crippen molar-refractivity contribution in [2.75, 3.05) is 0 Å². The Morgan fingerprint density at radius 2 is 1.35 bits per heavy atom. The molecule has 0 bridgehead atoms. The van der Waals surface area contributed by atoms with Crippen molar-refractivity contribution in [3.8, 4) is 22.6 Å². The molecular weight excluding hydrogens is 248 g/mol. The molecule has 0 unspecified atom stereocenters. The van der Waals surface area contributed by atoms with Crippen LogP contribution >= 0.6 is 0 Å². The highest BCUT2D eigenvalue weighted by molar-refractivity contribution is 5.62. The van der Waals surface area contributed by atoms with Crippen LogP contribution in [0.4, 0.5) is 0 Å². The zero-order valence-electron chi connectivity index (χ0n) is 11.4. The molecule has 98 valence electrons. The van der Waals surface area contributed by atoms with Crippen LogP contribution in [-0.4, -0.2) is 19.9 Å². The zero-order chi connectivity index (χ0) is 13.9. The van der Waals surface area contributed by atoms with Crippen LogP contribution in [0.3, 0.4) is 0 Å². The van der Waals surface area contributed by atoms with Crippen molar-refractivity contribution >= 4 is 0 Å². The fraction of sp³-hybridized carbons (Fsp3) is 0.125. The molecule has 0 aliphatic rings. The first kappa shape index (κ1) is 12.4. The van der Waals surface area contributed by atoms with Gasteiger partial charge in [-0.05, 0) is 37.6 Å². The van der Waals surface area contributed by atoms with E-state index in [0.717, 1.165) is 33.9 Å². The Kier molecular flexibility index (Phi) is 3.21. The Labute approximate surface area is 117 Å². The van der Waals surface area contributed by atoms with E-state index < -0.39 is 0 Å². The lowest BCUT2D eigenvalue weighted by Gasteiger charge is -2.03. The molecule has 3 aromatic heterocycles. The molecule has 0 aromatic carbocycles. The van der Waals surface area contributed by atoms with Crippen molar-refractivity contribution in [2.45, 2.75) is 13.8 Å². The first-order valence-corrected chi connectivity index (χ1v) is 6.40. The molecule has 0 saturated carbocycles. The van der Waals surface area contributed by atoms with Gasteiger partial charge in [-0.3, -0.25) is 19.9 Å². The SMILES string of the molecule is Cc1ccc(-c2ccc(-c3cnc(C)cn3)nc2)nc1. The van der Waals surface area contributed by atoms with Gasteiger partial charge in [0.2, 0.25) is 0 Å². The van der Waals surface area contributed by atoms with Gasteiger partial charge in [-0.2, -0.15) is 0 Å². The summed E-state index contributed by atoms with van der Waals surface area (Å²) in [6, 6.07) is 7.98. The number of hydrogen-bond donors (Lipinski definition) is 0. The Balaban J connectivity index is 1.91. The van der Waals surface area contributed by atoms with Gasteiger partial charge in [-0.25, -0.2) is 0 Å². The molecular formula is C16H14N4. The summed E-state index contributed by atoms with van der Waals surface area (Å²) in [5.74, 6) is 0. The number of pyridine rings is 2. The maximum Gasteiger partial charge on any atom is 0.107 e. The van der Waals surface area contributed by atoms with Gasteiger partial charge >= 0.3 is 0 Å². The van der Waals surface area contributed by atoms with E-state index >= 15 is 0 Å². The lowest BCUT2D eigenvalue weighted by molar-refractivity contribution is 1.11. The smallest absolute Gasteiger partial charge is 0.107 e. The Morgan fingerprint density at radius 1 is 0.600 bits per heavy atom. The van der Waals surface area contributed by atoms with E-state index in [-0.39, 0.29) is 0 Å². The van der Waals surface area contributed by atoms with Crippen LogP contribution in [0.15, 0.2) is 49.1 Å². The van der Waals surface area contributed by atoms with Crippen LogP contribution in [0, 0.1) is 13.8 Å². The van der Waals surface area contributed by atoms with Crippen molar-refractivity contribution in [1.82, 2.24) is 19.9 Å². The average molecular weight is 262 g/mol. The minimum Gasteiger partial charge on any atom is -0.258 e. The monoisotopic (exact) mass is 262 g/mol. The lowest BCUT2D eigenvalue weighted by atomic mass is 10.1. The van der Waals surface area contributed by atoms with Crippen LogP contribution < -0.4 is 0 Å². The summed E-state index contributed by atoms with van der Waals surface area (Å²) in [4.78, 5) is 17.4. The summed E-state index contributed by atoms with van der Waals surface area (Å²) in [6.45, 7) is 3.94. The van der Waals surface area contributed by atoms with Crippen LogP contribution in [0.2, 0.25) is 0 Å². The molecule has 0 amide bonds. The van der Waals surface area contributed by atoms with E-state index in [4.69, 9.17) is 0 Å². The van der Waals surface area contributed by atoms with Crippen LogP contribution in [-0.2, 0) is 0 Å². The molecule has 3 rings (SSSR count). The van der Waals surface area contributed by atoms with E-state index in [9.17, 15) is 0 Å². The summed E-state index contributed by atoms with van der Waals surface area (Å²) in [5.41, 5.74) is 5.55. The summed E-state index contributed by atoms with van der Waals surface area (Å²) in [7, 11) is 0. The molecule has 0 radical (unpaired) electrons. The van der Waals surface area contributed by atoms with Crippen molar-refractivity contribution in [3.05, 3.63) is 60.3 Å². The predicted molar refractivity (Wildman–Crippen MR) is 78.0 cm³/mol. The minimum absolute atomic E-state index is 0.777. The first-order chi connectivity index (χ1) is 9.72. The predicted octanol–water partition coefficient (Wildman–Crippen LogP) is 3.22. The fourth-order valence-electron chi connectivity index (χ4n) is 1.86. The van der Waals surface area contributed by atoms with E-state index in [2.05, 4.69) is 19.9 Å². The zero-order valence-corrected chi connectivity index (χ0v) is 11.4. The minimum atomic E-state index is 0.777. The second kappa shape index (κ2) is 5.17. The highest BCUT2D eigenvalue weighted by Crippen LogP contribution is 2.19. The lowest BCUT2D eigenvalue weighted by Crippen LogP contribution is -1.91. The molecule has 0 atom stereocenters. The number of aryl methyl sites for hydroxylation is 2. The molecule has 0 fully saturated rings. The number of nitrogens with zero attached hydrogens (tertiary/aromatic N) is 4. The average Bonchev–Trinajstić information content (AvgIpc) is 2.49. The van der Waals surface area contributed by atoms with Crippen molar-refractivity contribution in [2.24, 2.45) is 0 Å². The van der Waals surface area contributed by atoms with Gasteiger partial charge < -0.3 is 0 Å². The maximum absolute atomic E-state index is 4.43. The topological polar surface area (TPSA) is 51.6 Å². The Bertz CT molecular complexity index is 636. The number of aromatic nitrogens is 4. The molecule has 0 aliphatic heterocycles. The maximum atomic E-state index is 4.43. The summed E-state index contributed by atoms with van der Waals surface area (Å²) in [5, 5.41) is 0. The van der Waals surface area contributed by atoms with Gasteiger partial charge in [0.05, 0.1) is 23.3 Å². The molecule has 0 spiro atoms. The van der Waals surface area contributed by atoms with Gasteiger partial charge in [-0.1, -0.05) is 6.07 Å². The highest BCUT2D eigenvalue weighted by atomic mass is 14.8. The van der Waals surface area contributed by atoms with Gasteiger partial charge in [0, 0.05) is 24.2 Å². The van der Waals surface area contributed by atoms with Gasteiger partial charge in [-0.15, -0.1) is 0 Å². The van der Waals surface area contributed by atoms with E-state index in [1.807, 2.05) is 50.5 Å². The van der Waals surface area contributed by atoms with Crippen molar-refractivity contribution in [3.63, 3.8) is 0 Å². The second-order valence-corrected chi connectivity index (χ2v) is 4.70. The summed E-state index contributed by atoms with van der Waals surface area (Å²) < 4.78 is 0. The molecule has 0 N–H and O–H groups in total. The van der Waals surface area contributed by atoms with Gasteiger partial charge in [0.1, 0.15) is 5.69 Å². The Morgan fingerprint density at radius 3 is 1.95 bits per heavy atom. The number of rotatable bonds is 2. The second-order valence-electron chi connectivity index (χ2n) is 4.70. The first-order valence-electron chi connectivity index (χ1n) is 6.40. The van der Waals surface area contributed by atoms with Crippen molar-refractivity contribution in [1.29, 1.82) is 0 Å². The number of hydrogen-bond acceptors (Lipinski definition) is 4. The summed E-state index contributed by atoms with van der Waals surface area (Å²) >= 11 is 0. The molecule has 3 heterocycles. The quantitative estimate of drug-likeness (QED) is 0.711. The molecule has 0 saturated heterocycles. The standard InChI is InChI=1S/C16H14N4/c1-11-3-5-14(18-7-11)13-4-6-15(20-9-13)16-10-17-12(2)8-19-16/h3-10H,1-2H3. The van der Waals surface area contributed by atoms with Gasteiger partial charge in [0.15, 0.2) is 0 Å². The molecule has 0 aliphatic carbocycles. The summed E-state index contributed by atoms with van der Waals surface area (Å²) in [6.07, 6.45) is 7.15. The van der Waals surface area contributed by atoms with Crippen LogP contribution in [0.25, 0.3) is 22.6 Å². The molecule has 20 heavy (non-hydrogen) atoms. The molecule has 4 nitrogen and oxygen atoms in total. The Hall–Kier alpha value is -2.62. The molecule has 4 heteroatoms. The normalized spacial score (nSPS) is 10.5. The van der Waals surface area contributed by atoms with E-state index in [1.54, 1.807) is 12.4 Å². The van der Waals surface area contributed by atoms with E-state index in [1.165, 1.54) is 0 Å². The fourth-order valence-corrected chi connectivity index (χ4v) is 1.86. The third-order valence-corrected chi connectivity index (χ3v) is 3.01. The third-order valence-electron chi connectivity index (χ3n) is 3.01. The molecule has 3 aromatic rings.